The van der Waals surface area contributed by atoms with Gasteiger partial charge in [-0.05, 0) is 32.9 Å². The molecule has 2 aromatic rings. The van der Waals surface area contributed by atoms with Crippen LogP contribution in [-0.2, 0) is 0 Å². The minimum absolute atomic E-state index is 0.0554. The Bertz CT molecular complexity index is 603. The Morgan fingerprint density at radius 3 is 2.74 bits per heavy atom. The van der Waals surface area contributed by atoms with E-state index >= 15 is 0 Å². The molecule has 1 aromatic heterocycles. The van der Waals surface area contributed by atoms with E-state index in [1.807, 2.05) is 30.3 Å². The van der Waals surface area contributed by atoms with Crippen molar-refractivity contribution < 1.29 is 9.15 Å². The molecule has 1 N–H and O–H groups in total. The van der Waals surface area contributed by atoms with Gasteiger partial charge in [0.2, 0.25) is 5.76 Å². The summed E-state index contributed by atoms with van der Waals surface area (Å²) in [6.07, 6.45) is 0. The molecule has 100 valence electrons. The Morgan fingerprint density at radius 2 is 2.05 bits per heavy atom. The van der Waals surface area contributed by atoms with E-state index in [2.05, 4.69) is 26.1 Å². The third kappa shape index (κ3) is 3.27. The zero-order valence-electron chi connectivity index (χ0n) is 11.5. The second-order valence-electron chi connectivity index (χ2n) is 5.39. The topological polar surface area (TPSA) is 58.2 Å². The van der Waals surface area contributed by atoms with Crippen LogP contribution in [0.25, 0.3) is 11.0 Å². The number of nitriles is 1. The average molecular weight is 258 g/mol. The van der Waals surface area contributed by atoms with E-state index in [1.165, 1.54) is 0 Å². The smallest absolute Gasteiger partial charge is 0.246 e. The Balaban J connectivity index is 2.10. The van der Waals surface area contributed by atoms with E-state index in [0.29, 0.717) is 24.5 Å². The maximum absolute atomic E-state index is 9.07. The molecule has 0 saturated carbocycles. The summed E-state index contributed by atoms with van der Waals surface area (Å²) in [5, 5.41) is 13.2. The number of ether oxygens (including phenoxy) is 1. The van der Waals surface area contributed by atoms with Crippen LogP contribution in [0.5, 0.6) is 5.75 Å². The van der Waals surface area contributed by atoms with Crippen LogP contribution in [0.15, 0.2) is 28.7 Å². The second kappa shape index (κ2) is 5.33. The Kier molecular flexibility index (Phi) is 3.77. The minimum atomic E-state index is 0.0554. The molecule has 0 aliphatic carbocycles. The number of nitrogens with zero attached hydrogens (tertiary/aromatic N) is 1. The summed E-state index contributed by atoms with van der Waals surface area (Å²) >= 11 is 0. The Hall–Kier alpha value is -1.99. The summed E-state index contributed by atoms with van der Waals surface area (Å²) in [5.74, 6) is 0.769. The van der Waals surface area contributed by atoms with E-state index in [0.717, 1.165) is 5.39 Å². The van der Waals surface area contributed by atoms with Gasteiger partial charge in [-0.3, -0.25) is 0 Å². The van der Waals surface area contributed by atoms with Crippen LogP contribution >= 0.6 is 0 Å². The minimum Gasteiger partial charge on any atom is -0.487 e. The summed E-state index contributed by atoms with van der Waals surface area (Å²) in [6.45, 7) is 7.51. The van der Waals surface area contributed by atoms with Crippen LogP contribution in [0.4, 0.5) is 0 Å². The van der Waals surface area contributed by atoms with Crippen molar-refractivity contribution in [2.24, 2.45) is 0 Å². The van der Waals surface area contributed by atoms with Gasteiger partial charge >= 0.3 is 0 Å². The fraction of sp³-hybridized carbons (Fsp3) is 0.400. The average Bonchev–Trinajstić information content (AvgIpc) is 2.71. The summed E-state index contributed by atoms with van der Waals surface area (Å²) in [7, 11) is 0. The van der Waals surface area contributed by atoms with Gasteiger partial charge in [-0.2, -0.15) is 5.26 Å². The Labute approximate surface area is 113 Å². The van der Waals surface area contributed by atoms with E-state index < -0.39 is 0 Å². The largest absolute Gasteiger partial charge is 0.487 e. The fourth-order valence-electron chi connectivity index (χ4n) is 1.82. The van der Waals surface area contributed by atoms with Crippen molar-refractivity contribution in [2.75, 3.05) is 13.2 Å². The molecule has 0 amide bonds. The summed E-state index contributed by atoms with van der Waals surface area (Å²) < 4.78 is 11.1. The maximum Gasteiger partial charge on any atom is 0.246 e. The lowest BCUT2D eigenvalue weighted by molar-refractivity contribution is 0.289. The van der Waals surface area contributed by atoms with Gasteiger partial charge < -0.3 is 14.5 Å². The van der Waals surface area contributed by atoms with Crippen LogP contribution in [0.2, 0.25) is 0 Å². The highest BCUT2D eigenvalue weighted by molar-refractivity contribution is 5.86. The first-order valence-corrected chi connectivity index (χ1v) is 6.31. The number of fused-ring (bicyclic) bond motifs is 1. The third-order valence-electron chi connectivity index (χ3n) is 2.66. The number of rotatable bonds is 4. The van der Waals surface area contributed by atoms with Crippen molar-refractivity contribution in [1.29, 1.82) is 5.26 Å². The van der Waals surface area contributed by atoms with Crippen LogP contribution in [0.3, 0.4) is 0 Å². The Morgan fingerprint density at radius 1 is 1.32 bits per heavy atom. The zero-order chi connectivity index (χ0) is 13.9. The van der Waals surface area contributed by atoms with Gasteiger partial charge in [0.25, 0.3) is 0 Å². The first-order chi connectivity index (χ1) is 9.01. The highest BCUT2D eigenvalue weighted by atomic mass is 16.5. The number of furan rings is 1. The normalized spacial score (nSPS) is 11.5. The van der Waals surface area contributed by atoms with E-state index in [-0.39, 0.29) is 11.3 Å². The van der Waals surface area contributed by atoms with Crippen LogP contribution < -0.4 is 10.1 Å². The predicted octanol–water partition coefficient (Wildman–Crippen LogP) is 3.07. The summed E-state index contributed by atoms with van der Waals surface area (Å²) in [4.78, 5) is 0. The molecule has 1 heterocycles. The van der Waals surface area contributed by atoms with Gasteiger partial charge in [0.05, 0.1) is 5.39 Å². The van der Waals surface area contributed by atoms with Gasteiger partial charge in [-0.1, -0.05) is 12.1 Å². The lowest BCUT2D eigenvalue weighted by Gasteiger charge is -2.20. The van der Waals surface area contributed by atoms with Crippen molar-refractivity contribution in [3.8, 4) is 11.8 Å². The molecule has 0 spiro atoms. The molecule has 0 bridgehead atoms. The van der Waals surface area contributed by atoms with E-state index in [9.17, 15) is 0 Å². The fourth-order valence-corrected chi connectivity index (χ4v) is 1.82. The van der Waals surface area contributed by atoms with E-state index in [4.69, 9.17) is 14.4 Å². The molecule has 2 rings (SSSR count). The summed E-state index contributed by atoms with van der Waals surface area (Å²) in [6, 6.07) is 9.53. The summed E-state index contributed by atoms with van der Waals surface area (Å²) in [5.41, 5.74) is 0.734. The molecule has 0 saturated heterocycles. The lowest BCUT2D eigenvalue weighted by Crippen LogP contribution is -2.38. The molecule has 19 heavy (non-hydrogen) atoms. The van der Waals surface area contributed by atoms with Crippen molar-refractivity contribution in [2.45, 2.75) is 26.3 Å². The molecule has 1 aromatic carbocycles. The molecule has 0 unspecified atom stereocenters. The number of hydrogen-bond acceptors (Lipinski definition) is 4. The highest BCUT2D eigenvalue weighted by Crippen LogP contribution is 2.32. The van der Waals surface area contributed by atoms with Gasteiger partial charge in [-0.25, -0.2) is 0 Å². The highest BCUT2D eigenvalue weighted by Gasteiger charge is 2.15. The van der Waals surface area contributed by atoms with Gasteiger partial charge in [0.1, 0.15) is 18.3 Å². The molecule has 0 fully saturated rings. The van der Waals surface area contributed by atoms with Crippen LogP contribution in [0.1, 0.15) is 26.5 Å². The number of para-hydroxylation sites is 1. The first-order valence-electron chi connectivity index (χ1n) is 6.31. The van der Waals surface area contributed by atoms with Crippen molar-refractivity contribution in [3.63, 3.8) is 0 Å². The first kappa shape index (κ1) is 13.4. The van der Waals surface area contributed by atoms with Crippen LogP contribution in [0, 0.1) is 11.3 Å². The van der Waals surface area contributed by atoms with Crippen molar-refractivity contribution in [3.05, 3.63) is 30.0 Å². The van der Waals surface area contributed by atoms with Crippen molar-refractivity contribution in [1.82, 2.24) is 5.32 Å². The van der Waals surface area contributed by atoms with E-state index in [1.54, 1.807) is 0 Å². The standard InChI is InChI=1S/C15H18N2O2/c1-15(2,3)17-8-9-18-14-11-6-4-5-7-12(11)19-13(14)10-16/h4-7,17H,8-9H2,1-3H3. The van der Waals surface area contributed by atoms with Crippen LogP contribution in [-0.4, -0.2) is 18.7 Å². The lowest BCUT2D eigenvalue weighted by atomic mass is 10.1. The SMILES string of the molecule is CC(C)(C)NCCOc1c(C#N)oc2ccccc12. The molecule has 0 aliphatic heterocycles. The molecule has 0 aliphatic rings. The zero-order valence-corrected chi connectivity index (χ0v) is 11.5. The van der Waals surface area contributed by atoms with Gasteiger partial charge in [-0.15, -0.1) is 0 Å². The van der Waals surface area contributed by atoms with Gasteiger partial charge in [0, 0.05) is 12.1 Å². The monoisotopic (exact) mass is 258 g/mol. The predicted molar refractivity (Wildman–Crippen MR) is 74.2 cm³/mol. The number of nitrogens with one attached hydrogen (secondary N) is 1. The molecule has 0 radical (unpaired) electrons. The molecule has 0 atom stereocenters. The number of hydrogen-bond donors (Lipinski definition) is 1. The quantitative estimate of drug-likeness (QED) is 0.856. The number of benzene rings is 1. The molecule has 4 heteroatoms. The molecular formula is C15H18N2O2. The molecular weight excluding hydrogens is 240 g/mol. The van der Waals surface area contributed by atoms with Crippen molar-refractivity contribution >= 4 is 11.0 Å². The maximum atomic E-state index is 9.07. The molecule has 4 nitrogen and oxygen atoms in total. The van der Waals surface area contributed by atoms with Gasteiger partial charge in [0.15, 0.2) is 5.75 Å². The third-order valence-corrected chi connectivity index (χ3v) is 2.66. The second-order valence-corrected chi connectivity index (χ2v) is 5.39.